The predicted molar refractivity (Wildman–Crippen MR) is 216 cm³/mol. The number of hydrogen-bond donors (Lipinski definition) is 1. The van der Waals surface area contributed by atoms with Gasteiger partial charge in [-0.25, -0.2) is 0 Å². The molecule has 0 atom stereocenters. The van der Waals surface area contributed by atoms with E-state index in [4.69, 9.17) is 9.40 Å². The summed E-state index contributed by atoms with van der Waals surface area (Å²) in [5.74, 6) is 0.547. The molecule has 0 saturated carbocycles. The third-order valence-corrected chi connectivity index (χ3v) is 10.7. The smallest absolute Gasteiger partial charge is 0.162 e. The molecule has 1 N–H and O–H groups in total. The molecule has 0 fully saturated rings. The number of pyridine rings is 1. The molecule has 3 aromatic carbocycles. The Morgan fingerprint density at radius 1 is 0.846 bits per heavy atom. The molecule has 0 bridgehead atoms. The predicted octanol–water partition coefficient (Wildman–Crippen LogP) is 13.3. The van der Waals surface area contributed by atoms with Crippen molar-refractivity contribution in [2.24, 2.45) is 22.7 Å². The fourth-order valence-corrected chi connectivity index (χ4v) is 8.04. The maximum Gasteiger partial charge on any atom is 0.162 e. The van der Waals surface area contributed by atoms with E-state index in [9.17, 15) is 9.90 Å². The number of rotatable bonds is 9. The van der Waals surface area contributed by atoms with Gasteiger partial charge in [0.15, 0.2) is 5.78 Å². The van der Waals surface area contributed by atoms with Crippen LogP contribution in [0.3, 0.4) is 0 Å². The van der Waals surface area contributed by atoms with E-state index < -0.39 is 0 Å². The molecule has 0 amide bonds. The molecule has 5 heteroatoms. The number of carbonyl (C=O) groups is 1. The van der Waals surface area contributed by atoms with Crippen molar-refractivity contribution in [2.75, 3.05) is 0 Å². The second kappa shape index (κ2) is 16.0. The number of nitrogens with zero attached hydrogens (tertiary/aromatic N) is 1. The number of aliphatic hydroxyl groups is 1. The van der Waals surface area contributed by atoms with Crippen LogP contribution in [0.15, 0.2) is 64.9 Å². The van der Waals surface area contributed by atoms with E-state index >= 15 is 0 Å². The van der Waals surface area contributed by atoms with Crippen molar-refractivity contribution in [3.63, 3.8) is 0 Å². The largest absolute Gasteiger partial charge is 0.512 e. The third-order valence-electron chi connectivity index (χ3n) is 10.7. The zero-order valence-corrected chi connectivity index (χ0v) is 36.0. The molecule has 0 saturated heterocycles. The number of aliphatic hydroxyl groups excluding tert-OH is 1. The summed E-state index contributed by atoms with van der Waals surface area (Å²) in [4.78, 5) is 16.8. The van der Waals surface area contributed by atoms with Crippen LogP contribution >= 0.6 is 0 Å². The summed E-state index contributed by atoms with van der Waals surface area (Å²) < 4.78 is 6.91. The van der Waals surface area contributed by atoms with Gasteiger partial charge in [-0.15, -0.1) is 17.7 Å². The topological polar surface area (TPSA) is 63.3 Å². The van der Waals surface area contributed by atoms with Crippen molar-refractivity contribution in [1.29, 1.82) is 0 Å². The van der Waals surface area contributed by atoms with Gasteiger partial charge in [0.25, 0.3) is 0 Å². The summed E-state index contributed by atoms with van der Waals surface area (Å²) in [6.07, 6.45) is 8.83. The molecule has 2 aromatic heterocycles. The molecule has 1 aliphatic rings. The van der Waals surface area contributed by atoms with Gasteiger partial charge in [-0.1, -0.05) is 137 Å². The minimum Gasteiger partial charge on any atom is -0.512 e. The number of fused-ring (bicyclic) bond motifs is 4. The monoisotopic (exact) mass is 879 g/mol. The van der Waals surface area contributed by atoms with Gasteiger partial charge >= 0.3 is 0 Å². The zero-order valence-electron chi connectivity index (χ0n) is 33.6. The Morgan fingerprint density at radius 2 is 1.42 bits per heavy atom. The van der Waals surface area contributed by atoms with E-state index in [-0.39, 0.29) is 59.7 Å². The minimum absolute atomic E-state index is 0. The average molecular weight is 879 g/mol. The number of carbonyl (C=O) groups excluding carboxylic acids is 1. The molecule has 0 spiro atoms. The van der Waals surface area contributed by atoms with Crippen LogP contribution < -0.4 is 0 Å². The maximum absolute atomic E-state index is 11.7. The Hall–Kier alpha value is -3.27. The first-order chi connectivity index (χ1) is 23.9. The van der Waals surface area contributed by atoms with Gasteiger partial charge in [-0.05, 0) is 81.5 Å². The Kier molecular flexibility index (Phi) is 12.8. The summed E-state index contributed by atoms with van der Waals surface area (Å²) in [5.41, 5.74) is 9.30. The minimum atomic E-state index is -0.254. The first kappa shape index (κ1) is 41.5. The van der Waals surface area contributed by atoms with Crippen molar-refractivity contribution in [3.8, 4) is 11.3 Å². The molecule has 0 unspecified atom stereocenters. The van der Waals surface area contributed by atoms with E-state index in [0.29, 0.717) is 0 Å². The molecule has 5 aromatic rings. The second-order valence-electron chi connectivity index (χ2n) is 17.6. The van der Waals surface area contributed by atoms with Gasteiger partial charge in [0.1, 0.15) is 5.58 Å². The normalized spacial score (nSPS) is 14.1. The van der Waals surface area contributed by atoms with Gasteiger partial charge < -0.3 is 14.5 Å². The van der Waals surface area contributed by atoms with Crippen molar-refractivity contribution in [1.82, 2.24) is 4.98 Å². The average Bonchev–Trinajstić information content (AvgIpc) is 3.43. The fourth-order valence-electron chi connectivity index (χ4n) is 8.04. The number of furan rings is 1. The van der Waals surface area contributed by atoms with Gasteiger partial charge in [-0.2, -0.15) is 0 Å². The summed E-state index contributed by atoms with van der Waals surface area (Å²) >= 11 is 0. The SMILES string of the molecule is CC(C)(C)Cc1c[c-]c2c3c1oc1c(CC(C)(C)C)ccc(c13)C(C)(C)c1c-2ncc2ccccc12.CCC(CC)C(=O)/C=C(\O)C(CC)CC.[Ir]. The molecular formula is C47H60IrNO3-. The number of allylic oxidation sites excluding steroid dienone is 2. The summed E-state index contributed by atoms with van der Waals surface area (Å²) in [5, 5.41) is 14.6. The Bertz CT molecular complexity index is 2080. The van der Waals surface area contributed by atoms with Crippen LogP contribution in [-0.4, -0.2) is 15.9 Å². The number of aromatic nitrogens is 1. The molecule has 6 rings (SSSR count). The Morgan fingerprint density at radius 3 is 2.02 bits per heavy atom. The van der Waals surface area contributed by atoms with E-state index in [0.717, 1.165) is 60.9 Å². The first-order valence-corrected chi connectivity index (χ1v) is 19.2. The van der Waals surface area contributed by atoms with E-state index in [2.05, 4.69) is 104 Å². The van der Waals surface area contributed by atoms with E-state index in [1.165, 1.54) is 49.9 Å². The Labute approximate surface area is 326 Å². The molecule has 1 aliphatic carbocycles. The summed E-state index contributed by atoms with van der Waals surface area (Å²) in [7, 11) is 0. The molecular weight excluding hydrogens is 819 g/mol. The summed E-state index contributed by atoms with van der Waals surface area (Å²) in [6.45, 7) is 26.5. The van der Waals surface area contributed by atoms with Gasteiger partial charge in [0, 0.05) is 49.6 Å². The van der Waals surface area contributed by atoms with E-state index in [1.54, 1.807) is 0 Å². The van der Waals surface area contributed by atoms with Crippen LogP contribution in [-0.2, 0) is 43.2 Å². The maximum atomic E-state index is 11.7. The zero-order chi connectivity index (χ0) is 37.5. The molecule has 281 valence electrons. The molecule has 1 radical (unpaired) electrons. The van der Waals surface area contributed by atoms with Gasteiger partial charge in [0.05, 0.1) is 11.3 Å². The molecule has 0 aliphatic heterocycles. The third kappa shape index (κ3) is 8.27. The van der Waals surface area contributed by atoms with Crippen LogP contribution in [0.5, 0.6) is 0 Å². The van der Waals surface area contributed by atoms with Gasteiger partial charge in [0.2, 0.25) is 0 Å². The molecule has 52 heavy (non-hydrogen) atoms. The number of hydrogen-bond acceptors (Lipinski definition) is 4. The number of benzene rings is 3. The standard InChI is InChI=1S/C34H36NO.C13H24O2.Ir/c1-32(2,3)17-20-13-15-24-26-27-25(16-14-21(18-33(4,5)6)31(27)36-30(20)26)34(7,8)28-23-12-10-9-11-22(23)19-35-29(24)28;1-5-10(6-2)12(14)9-13(15)11(7-3)8-4;/h9-14,16,19H,17-18H2,1-8H3;9-11,14H,5-8H2,1-4H3;/q-1;;/b;12-9-;. The first-order valence-electron chi connectivity index (χ1n) is 19.2. The van der Waals surface area contributed by atoms with Crippen LogP contribution in [0.4, 0.5) is 0 Å². The summed E-state index contributed by atoms with van der Waals surface area (Å²) in [6, 6.07) is 19.2. The fraction of sp³-hybridized carbons (Fsp3) is 0.489. The van der Waals surface area contributed by atoms with Crippen molar-refractivity contribution in [2.45, 2.75) is 127 Å². The van der Waals surface area contributed by atoms with E-state index in [1.807, 2.05) is 33.9 Å². The Balaban J connectivity index is 0.000000323. The van der Waals surface area contributed by atoms with Crippen LogP contribution in [0.2, 0.25) is 0 Å². The van der Waals surface area contributed by atoms with Gasteiger partial charge in [-0.3, -0.25) is 4.79 Å². The van der Waals surface area contributed by atoms with Crippen molar-refractivity contribution < 1.29 is 34.4 Å². The quantitative estimate of drug-likeness (QED) is 0.0910. The molecule has 4 nitrogen and oxygen atoms in total. The van der Waals surface area contributed by atoms with Crippen LogP contribution in [0, 0.1) is 28.7 Å². The number of ketones is 1. The second-order valence-corrected chi connectivity index (χ2v) is 17.6. The van der Waals surface area contributed by atoms with Crippen molar-refractivity contribution in [3.05, 3.63) is 88.8 Å². The van der Waals surface area contributed by atoms with Crippen molar-refractivity contribution >= 4 is 38.5 Å². The van der Waals surface area contributed by atoms with Crippen LogP contribution in [0.25, 0.3) is 44.0 Å². The van der Waals surface area contributed by atoms with Crippen LogP contribution in [0.1, 0.15) is 131 Å². The molecule has 2 heterocycles.